The van der Waals surface area contributed by atoms with E-state index in [2.05, 4.69) is 12.1 Å². The molecule has 2 aromatic rings. The maximum atomic E-state index is 10.7. The van der Waals surface area contributed by atoms with E-state index in [0.717, 1.165) is 11.1 Å². The van der Waals surface area contributed by atoms with Gasteiger partial charge >= 0.3 is 0 Å². The number of hydrogen-bond donors (Lipinski definition) is 2. The zero-order valence-corrected chi connectivity index (χ0v) is 13.1. The standard InChI is InChI=1S/C14H13NO.C2H6O3S/c15-14(16)10-11-6-8-13(9-7-11)12-4-2-1-3-5-12;1-2-6(3,4)5/h1-9H,10H2,(H2,15,16);2H2,1H3,(H,3,4,5). The zero-order chi connectivity index (χ0) is 16.6. The van der Waals surface area contributed by atoms with Crippen molar-refractivity contribution in [3.05, 3.63) is 60.2 Å². The van der Waals surface area contributed by atoms with Crippen molar-refractivity contribution in [2.24, 2.45) is 5.73 Å². The van der Waals surface area contributed by atoms with E-state index in [0.29, 0.717) is 6.42 Å². The molecular weight excluding hydrogens is 302 g/mol. The lowest BCUT2D eigenvalue weighted by Crippen LogP contribution is -2.13. The van der Waals surface area contributed by atoms with Crippen LogP contribution >= 0.6 is 0 Å². The van der Waals surface area contributed by atoms with Gasteiger partial charge in [-0.3, -0.25) is 9.35 Å². The van der Waals surface area contributed by atoms with Crippen LogP contribution in [0.4, 0.5) is 0 Å². The van der Waals surface area contributed by atoms with E-state index in [9.17, 15) is 13.2 Å². The normalized spacial score (nSPS) is 10.5. The number of rotatable bonds is 4. The fourth-order valence-electron chi connectivity index (χ4n) is 1.65. The topological polar surface area (TPSA) is 97.5 Å². The second-order valence-corrected chi connectivity index (χ2v) is 6.32. The minimum Gasteiger partial charge on any atom is -0.369 e. The molecular formula is C16H19NO4S. The molecule has 0 atom stereocenters. The molecule has 0 aliphatic heterocycles. The quantitative estimate of drug-likeness (QED) is 0.844. The number of amides is 1. The van der Waals surface area contributed by atoms with Gasteiger partial charge in [0.25, 0.3) is 10.1 Å². The first-order valence-corrected chi connectivity index (χ1v) is 8.30. The Morgan fingerprint density at radius 1 is 1.00 bits per heavy atom. The molecule has 0 aliphatic carbocycles. The van der Waals surface area contributed by atoms with Crippen molar-refractivity contribution in [2.45, 2.75) is 13.3 Å². The molecule has 0 unspecified atom stereocenters. The third-order valence-electron chi connectivity index (χ3n) is 2.80. The lowest BCUT2D eigenvalue weighted by molar-refractivity contribution is -0.117. The van der Waals surface area contributed by atoms with Crippen molar-refractivity contribution < 1.29 is 17.8 Å². The van der Waals surface area contributed by atoms with Crippen molar-refractivity contribution in [3.8, 4) is 11.1 Å². The highest BCUT2D eigenvalue weighted by molar-refractivity contribution is 7.85. The van der Waals surface area contributed by atoms with E-state index in [-0.39, 0.29) is 11.7 Å². The predicted octanol–water partition coefficient (Wildman–Crippen LogP) is 2.28. The molecule has 22 heavy (non-hydrogen) atoms. The maximum absolute atomic E-state index is 10.7. The molecule has 1 amide bonds. The van der Waals surface area contributed by atoms with Gasteiger partial charge in [-0.1, -0.05) is 54.6 Å². The highest BCUT2D eigenvalue weighted by Gasteiger charge is 1.99. The Kier molecular flexibility index (Phi) is 6.75. The fourth-order valence-corrected chi connectivity index (χ4v) is 1.65. The summed E-state index contributed by atoms with van der Waals surface area (Å²) in [5, 5.41) is 0. The summed E-state index contributed by atoms with van der Waals surface area (Å²) in [6.07, 6.45) is 0.301. The number of nitrogens with two attached hydrogens (primary N) is 1. The lowest BCUT2D eigenvalue weighted by Gasteiger charge is -2.02. The summed E-state index contributed by atoms with van der Waals surface area (Å²) in [5.74, 6) is -0.500. The second-order valence-electron chi connectivity index (χ2n) is 4.58. The van der Waals surface area contributed by atoms with E-state index in [1.165, 1.54) is 12.5 Å². The largest absolute Gasteiger partial charge is 0.369 e. The van der Waals surface area contributed by atoms with Crippen LogP contribution in [-0.2, 0) is 21.3 Å². The lowest BCUT2D eigenvalue weighted by atomic mass is 10.0. The van der Waals surface area contributed by atoms with Gasteiger partial charge in [0.05, 0.1) is 12.2 Å². The van der Waals surface area contributed by atoms with E-state index >= 15 is 0 Å². The average Bonchev–Trinajstić information content (AvgIpc) is 2.48. The molecule has 0 saturated carbocycles. The van der Waals surface area contributed by atoms with Crippen LogP contribution in [-0.4, -0.2) is 24.6 Å². The van der Waals surface area contributed by atoms with E-state index in [1.54, 1.807) is 0 Å². The second kappa shape index (κ2) is 8.31. The summed E-state index contributed by atoms with van der Waals surface area (Å²) in [6.45, 7) is 1.37. The van der Waals surface area contributed by atoms with E-state index in [1.807, 2.05) is 42.5 Å². The van der Waals surface area contributed by atoms with Crippen molar-refractivity contribution >= 4 is 16.0 Å². The van der Waals surface area contributed by atoms with Crippen molar-refractivity contribution in [1.29, 1.82) is 0 Å². The van der Waals surface area contributed by atoms with Gasteiger partial charge in [-0.25, -0.2) is 0 Å². The van der Waals surface area contributed by atoms with Gasteiger partial charge in [-0.15, -0.1) is 0 Å². The van der Waals surface area contributed by atoms with Crippen molar-refractivity contribution in [2.75, 3.05) is 5.75 Å². The molecule has 0 heterocycles. The monoisotopic (exact) mass is 321 g/mol. The molecule has 5 nitrogen and oxygen atoms in total. The predicted molar refractivity (Wildman–Crippen MR) is 86.9 cm³/mol. The van der Waals surface area contributed by atoms with E-state index < -0.39 is 10.1 Å². The molecule has 0 aliphatic rings. The SMILES string of the molecule is CCS(=O)(=O)O.NC(=O)Cc1ccc(-c2ccccc2)cc1. The summed E-state index contributed by atoms with van der Waals surface area (Å²) in [6, 6.07) is 18.0. The molecule has 2 rings (SSSR count). The summed E-state index contributed by atoms with van der Waals surface area (Å²) < 4.78 is 26.9. The number of hydrogen-bond acceptors (Lipinski definition) is 3. The smallest absolute Gasteiger partial charge is 0.264 e. The third kappa shape index (κ3) is 7.01. The van der Waals surface area contributed by atoms with Gasteiger partial charge in [-0.2, -0.15) is 8.42 Å². The summed E-state index contributed by atoms with van der Waals surface area (Å²) in [7, 11) is -3.66. The van der Waals surface area contributed by atoms with Crippen LogP contribution in [0.3, 0.4) is 0 Å². The number of carbonyl (C=O) groups is 1. The van der Waals surface area contributed by atoms with Crippen LogP contribution in [0.2, 0.25) is 0 Å². The third-order valence-corrected chi connectivity index (χ3v) is 3.53. The molecule has 2 aromatic carbocycles. The fraction of sp³-hybridized carbons (Fsp3) is 0.188. The Morgan fingerprint density at radius 3 is 1.86 bits per heavy atom. The summed E-state index contributed by atoms with van der Waals surface area (Å²) in [5.41, 5.74) is 8.41. The zero-order valence-electron chi connectivity index (χ0n) is 12.3. The van der Waals surface area contributed by atoms with Gasteiger partial charge in [0.2, 0.25) is 5.91 Å². The highest BCUT2D eigenvalue weighted by Crippen LogP contribution is 2.19. The van der Waals surface area contributed by atoms with Crippen LogP contribution in [0.25, 0.3) is 11.1 Å². The van der Waals surface area contributed by atoms with Crippen LogP contribution < -0.4 is 5.73 Å². The van der Waals surface area contributed by atoms with Crippen molar-refractivity contribution in [1.82, 2.24) is 0 Å². The Balaban J connectivity index is 0.000000346. The molecule has 0 spiro atoms. The van der Waals surface area contributed by atoms with Gasteiger partial charge in [0, 0.05) is 0 Å². The Labute approximate surface area is 130 Å². The van der Waals surface area contributed by atoms with Gasteiger partial charge in [0.1, 0.15) is 0 Å². The highest BCUT2D eigenvalue weighted by atomic mass is 32.2. The minimum atomic E-state index is -3.66. The minimum absolute atomic E-state index is 0.201. The Bertz CT molecular complexity index is 695. The molecule has 0 radical (unpaired) electrons. The first-order chi connectivity index (χ1) is 10.3. The van der Waals surface area contributed by atoms with Crippen LogP contribution in [0, 0.1) is 0 Å². The molecule has 0 bridgehead atoms. The van der Waals surface area contributed by atoms with Gasteiger partial charge in [-0.05, 0) is 23.6 Å². The van der Waals surface area contributed by atoms with Crippen molar-refractivity contribution in [3.63, 3.8) is 0 Å². The molecule has 0 aromatic heterocycles. The molecule has 0 saturated heterocycles. The molecule has 118 valence electrons. The van der Waals surface area contributed by atoms with Gasteiger partial charge < -0.3 is 5.73 Å². The molecule has 0 fully saturated rings. The number of primary amides is 1. The average molecular weight is 321 g/mol. The van der Waals surface area contributed by atoms with Crippen LogP contribution in [0.1, 0.15) is 12.5 Å². The summed E-state index contributed by atoms with van der Waals surface area (Å²) in [4.78, 5) is 10.7. The summed E-state index contributed by atoms with van der Waals surface area (Å²) >= 11 is 0. The number of carbonyl (C=O) groups excluding carboxylic acids is 1. The van der Waals surface area contributed by atoms with Crippen LogP contribution in [0.15, 0.2) is 54.6 Å². The Morgan fingerprint density at radius 2 is 1.45 bits per heavy atom. The van der Waals surface area contributed by atoms with Crippen LogP contribution in [0.5, 0.6) is 0 Å². The molecule has 3 N–H and O–H groups in total. The first kappa shape index (κ1) is 17.9. The Hall–Kier alpha value is -2.18. The first-order valence-electron chi connectivity index (χ1n) is 6.69. The van der Waals surface area contributed by atoms with Gasteiger partial charge in [0.15, 0.2) is 0 Å². The molecule has 6 heteroatoms. The maximum Gasteiger partial charge on any atom is 0.264 e. The van der Waals surface area contributed by atoms with E-state index in [4.69, 9.17) is 10.3 Å². The number of benzene rings is 2.